The maximum atomic E-state index is 12.5. The third-order valence-electron chi connectivity index (χ3n) is 5.91. The molecule has 4 rings (SSSR count). The zero-order valence-electron chi connectivity index (χ0n) is 18.0. The van der Waals surface area contributed by atoms with Crippen LogP contribution >= 0.6 is 0 Å². The van der Waals surface area contributed by atoms with Crippen molar-refractivity contribution in [3.8, 4) is 16.9 Å². The molecule has 32 heavy (non-hydrogen) atoms. The van der Waals surface area contributed by atoms with Gasteiger partial charge in [0.25, 0.3) is 0 Å². The van der Waals surface area contributed by atoms with Crippen LogP contribution in [0.15, 0.2) is 66.7 Å². The lowest BCUT2D eigenvalue weighted by molar-refractivity contribution is -0.139. The van der Waals surface area contributed by atoms with Crippen LogP contribution in [-0.4, -0.2) is 36.9 Å². The van der Waals surface area contributed by atoms with Gasteiger partial charge in [-0.3, -0.25) is 0 Å². The first-order chi connectivity index (χ1) is 15.5. The monoisotopic (exact) mass is 431 g/mol. The molecule has 1 aliphatic carbocycles. The minimum atomic E-state index is -1.12. The number of hydrogen-bond donors (Lipinski definition) is 2. The number of amides is 1. The average molecular weight is 431 g/mol. The lowest BCUT2D eigenvalue weighted by Gasteiger charge is -2.18. The van der Waals surface area contributed by atoms with Gasteiger partial charge in [-0.25, -0.2) is 9.59 Å². The van der Waals surface area contributed by atoms with Crippen molar-refractivity contribution < 1.29 is 24.2 Å². The van der Waals surface area contributed by atoms with Crippen LogP contribution in [0.4, 0.5) is 4.79 Å². The molecule has 0 fully saturated rings. The van der Waals surface area contributed by atoms with E-state index >= 15 is 0 Å². The van der Waals surface area contributed by atoms with Crippen LogP contribution in [0.5, 0.6) is 5.75 Å². The second-order valence-corrected chi connectivity index (χ2v) is 7.86. The molecule has 0 bridgehead atoms. The number of hydrogen-bond acceptors (Lipinski definition) is 4. The zero-order valence-corrected chi connectivity index (χ0v) is 18.0. The number of fused-ring (bicyclic) bond motifs is 3. The highest BCUT2D eigenvalue weighted by Gasteiger charge is 2.29. The number of alkyl carbamates (subject to hydrolysis) is 1. The summed E-state index contributed by atoms with van der Waals surface area (Å²) in [5.74, 6) is -0.503. The number of rotatable bonds is 7. The quantitative estimate of drug-likeness (QED) is 0.574. The van der Waals surface area contributed by atoms with Gasteiger partial charge >= 0.3 is 12.1 Å². The molecule has 1 aliphatic rings. The largest absolute Gasteiger partial charge is 0.497 e. The Morgan fingerprint density at radius 1 is 1.00 bits per heavy atom. The highest BCUT2D eigenvalue weighted by atomic mass is 16.5. The zero-order chi connectivity index (χ0) is 22.7. The predicted molar refractivity (Wildman–Crippen MR) is 121 cm³/mol. The van der Waals surface area contributed by atoms with Crippen LogP contribution < -0.4 is 10.1 Å². The van der Waals surface area contributed by atoms with Crippen molar-refractivity contribution in [3.63, 3.8) is 0 Å². The molecular weight excluding hydrogens is 406 g/mol. The normalized spacial score (nSPS) is 13.1. The fourth-order valence-corrected chi connectivity index (χ4v) is 4.23. The molecule has 1 amide bonds. The number of aliphatic carboxylic acids is 1. The number of nitrogens with one attached hydrogen (secondary N) is 1. The molecule has 6 heteroatoms. The average Bonchev–Trinajstić information content (AvgIpc) is 3.12. The maximum absolute atomic E-state index is 12.5. The third kappa shape index (κ3) is 4.30. The highest BCUT2D eigenvalue weighted by Crippen LogP contribution is 2.44. The lowest BCUT2D eigenvalue weighted by atomic mass is 9.98. The summed E-state index contributed by atoms with van der Waals surface area (Å²) in [7, 11) is 1.58. The van der Waals surface area contributed by atoms with Crippen LogP contribution in [0.1, 0.15) is 28.2 Å². The van der Waals surface area contributed by atoms with E-state index in [9.17, 15) is 14.7 Å². The van der Waals surface area contributed by atoms with Gasteiger partial charge in [0.05, 0.1) is 7.11 Å². The number of carboxylic acids is 1. The Morgan fingerprint density at radius 3 is 2.19 bits per heavy atom. The standard InChI is InChI=1S/C26H25NO5/c1-16-13-18(31-2)12-11-17(16)14-24(25(28)29)27-26(30)32-15-23-21-9-5-3-7-19(21)20-8-4-6-10-22(20)23/h3-13,23-24H,14-15H2,1-2H3,(H,27,30)(H,28,29). The minimum Gasteiger partial charge on any atom is -0.497 e. The lowest BCUT2D eigenvalue weighted by Crippen LogP contribution is -2.43. The van der Waals surface area contributed by atoms with E-state index < -0.39 is 18.1 Å². The van der Waals surface area contributed by atoms with Crippen LogP contribution in [-0.2, 0) is 16.0 Å². The molecule has 3 aromatic rings. The van der Waals surface area contributed by atoms with Crippen LogP contribution in [0, 0.1) is 6.92 Å². The van der Waals surface area contributed by atoms with Gasteiger partial charge < -0.3 is 19.9 Å². The Hall–Kier alpha value is -3.80. The fourth-order valence-electron chi connectivity index (χ4n) is 4.23. The number of carbonyl (C=O) groups is 2. The molecule has 3 aromatic carbocycles. The van der Waals surface area contributed by atoms with Crippen molar-refractivity contribution in [3.05, 3.63) is 89.0 Å². The van der Waals surface area contributed by atoms with E-state index in [0.29, 0.717) is 5.75 Å². The van der Waals surface area contributed by atoms with Gasteiger partial charge in [-0.2, -0.15) is 0 Å². The molecule has 1 unspecified atom stereocenters. The fraction of sp³-hybridized carbons (Fsp3) is 0.231. The maximum Gasteiger partial charge on any atom is 0.407 e. The molecule has 0 heterocycles. The Labute approximate surface area is 186 Å². The summed E-state index contributed by atoms with van der Waals surface area (Å²) in [6.45, 7) is 2.01. The molecule has 6 nitrogen and oxygen atoms in total. The number of benzene rings is 3. The Balaban J connectivity index is 1.43. The second kappa shape index (κ2) is 9.14. The van der Waals surface area contributed by atoms with E-state index in [4.69, 9.17) is 9.47 Å². The van der Waals surface area contributed by atoms with Gasteiger partial charge in [-0.15, -0.1) is 0 Å². The smallest absolute Gasteiger partial charge is 0.407 e. The number of aryl methyl sites for hydroxylation is 1. The van der Waals surface area contributed by atoms with Gasteiger partial charge in [0.15, 0.2) is 0 Å². The molecule has 2 N–H and O–H groups in total. The van der Waals surface area contributed by atoms with E-state index in [-0.39, 0.29) is 18.9 Å². The van der Waals surface area contributed by atoms with E-state index in [1.165, 1.54) is 0 Å². The molecule has 0 aliphatic heterocycles. The van der Waals surface area contributed by atoms with Gasteiger partial charge in [0.2, 0.25) is 0 Å². The Bertz CT molecular complexity index is 1110. The van der Waals surface area contributed by atoms with E-state index in [0.717, 1.165) is 33.4 Å². The molecule has 0 saturated carbocycles. The van der Waals surface area contributed by atoms with Crippen LogP contribution in [0.25, 0.3) is 11.1 Å². The molecule has 0 aromatic heterocycles. The van der Waals surface area contributed by atoms with Crippen molar-refractivity contribution >= 4 is 12.1 Å². The summed E-state index contributed by atoms with van der Waals surface area (Å²) in [6.07, 6.45) is -0.597. The predicted octanol–water partition coefficient (Wildman–Crippen LogP) is 4.54. The summed E-state index contributed by atoms with van der Waals surface area (Å²) in [6, 6.07) is 20.4. The van der Waals surface area contributed by atoms with Crippen LogP contribution in [0.2, 0.25) is 0 Å². The number of methoxy groups -OCH3 is 1. The van der Waals surface area contributed by atoms with Gasteiger partial charge in [0, 0.05) is 12.3 Å². The Kier molecular flexibility index (Phi) is 6.12. The van der Waals surface area contributed by atoms with Crippen molar-refractivity contribution in [1.29, 1.82) is 0 Å². The third-order valence-corrected chi connectivity index (χ3v) is 5.91. The van der Waals surface area contributed by atoms with E-state index in [2.05, 4.69) is 17.4 Å². The second-order valence-electron chi connectivity index (χ2n) is 7.86. The van der Waals surface area contributed by atoms with Crippen molar-refractivity contribution in [1.82, 2.24) is 5.32 Å². The first-order valence-electron chi connectivity index (χ1n) is 10.5. The SMILES string of the molecule is COc1ccc(CC(NC(=O)OCC2c3ccccc3-c3ccccc32)C(=O)O)c(C)c1. The molecule has 164 valence electrons. The molecule has 0 radical (unpaired) electrons. The van der Waals surface area contributed by atoms with Gasteiger partial charge in [-0.1, -0.05) is 54.6 Å². The van der Waals surface area contributed by atoms with Gasteiger partial charge in [0.1, 0.15) is 18.4 Å². The molecule has 1 atom stereocenters. The summed E-state index contributed by atoms with van der Waals surface area (Å²) in [5.41, 5.74) is 6.18. The van der Waals surface area contributed by atoms with Gasteiger partial charge in [-0.05, 0) is 52.4 Å². The summed E-state index contributed by atoms with van der Waals surface area (Å²) in [4.78, 5) is 24.3. The van der Waals surface area contributed by atoms with E-state index in [1.807, 2.05) is 55.5 Å². The molecular formula is C26H25NO5. The molecule has 0 saturated heterocycles. The molecule has 0 spiro atoms. The first-order valence-corrected chi connectivity index (χ1v) is 10.5. The summed E-state index contributed by atoms with van der Waals surface area (Å²) < 4.78 is 10.7. The highest BCUT2D eigenvalue weighted by molar-refractivity contribution is 5.81. The minimum absolute atomic E-state index is 0.0831. The number of carbonyl (C=O) groups excluding carboxylic acids is 1. The number of carboxylic acid groups (broad SMARTS) is 1. The van der Waals surface area contributed by atoms with Crippen molar-refractivity contribution in [2.24, 2.45) is 0 Å². The summed E-state index contributed by atoms with van der Waals surface area (Å²) in [5, 5.41) is 12.1. The van der Waals surface area contributed by atoms with Crippen molar-refractivity contribution in [2.45, 2.75) is 25.3 Å². The summed E-state index contributed by atoms with van der Waals surface area (Å²) >= 11 is 0. The first kappa shape index (κ1) is 21.4. The van der Waals surface area contributed by atoms with Crippen molar-refractivity contribution in [2.75, 3.05) is 13.7 Å². The Morgan fingerprint density at radius 2 is 1.62 bits per heavy atom. The number of ether oxygens (including phenoxy) is 2. The van der Waals surface area contributed by atoms with Crippen LogP contribution in [0.3, 0.4) is 0 Å². The topological polar surface area (TPSA) is 84.9 Å². The van der Waals surface area contributed by atoms with E-state index in [1.54, 1.807) is 13.2 Å².